The van der Waals surface area contributed by atoms with Crippen LogP contribution in [-0.2, 0) is 14.3 Å². The second-order valence-electron chi connectivity index (χ2n) is 4.51. The molecule has 2 unspecified atom stereocenters. The minimum atomic E-state index is -0.559. The van der Waals surface area contributed by atoms with Crippen molar-refractivity contribution in [3.63, 3.8) is 0 Å². The van der Waals surface area contributed by atoms with Crippen LogP contribution < -0.4 is 0 Å². The molecule has 2 rings (SSSR count). The van der Waals surface area contributed by atoms with E-state index in [2.05, 4.69) is 0 Å². The van der Waals surface area contributed by atoms with Crippen molar-refractivity contribution in [2.45, 2.75) is 50.3 Å². The molecule has 2 aliphatic heterocycles. The van der Waals surface area contributed by atoms with Gasteiger partial charge in [-0.3, -0.25) is 4.79 Å². The summed E-state index contributed by atoms with van der Waals surface area (Å²) in [7, 11) is 1.34. The number of aliphatic hydroxyl groups is 1. The van der Waals surface area contributed by atoms with Crippen molar-refractivity contribution in [2.24, 2.45) is 0 Å². The maximum atomic E-state index is 11.9. The predicted octanol–water partition coefficient (Wildman–Crippen LogP) is 0.0638. The van der Waals surface area contributed by atoms with E-state index >= 15 is 0 Å². The number of aliphatic hydroxyl groups excluding tert-OH is 1. The van der Waals surface area contributed by atoms with Gasteiger partial charge in [0.15, 0.2) is 0 Å². The van der Waals surface area contributed by atoms with Gasteiger partial charge in [0.1, 0.15) is 6.04 Å². The first-order valence-corrected chi connectivity index (χ1v) is 5.70. The Morgan fingerprint density at radius 2 is 2.06 bits per heavy atom. The van der Waals surface area contributed by atoms with Crippen molar-refractivity contribution < 1.29 is 19.4 Å². The Labute approximate surface area is 94.4 Å². The predicted molar refractivity (Wildman–Crippen MR) is 55.5 cm³/mol. The third-order valence-electron chi connectivity index (χ3n) is 3.51. The molecule has 5 nitrogen and oxygen atoms in total. The third-order valence-corrected chi connectivity index (χ3v) is 3.51. The summed E-state index contributed by atoms with van der Waals surface area (Å²) in [5.74, 6) is -0.463. The quantitative estimate of drug-likeness (QED) is 0.643. The summed E-state index contributed by atoms with van der Waals surface area (Å²) >= 11 is 0. The molecule has 0 aliphatic carbocycles. The molecule has 2 heterocycles. The molecule has 0 aromatic heterocycles. The fourth-order valence-corrected chi connectivity index (χ4v) is 2.71. The summed E-state index contributed by atoms with van der Waals surface area (Å²) in [4.78, 5) is 25.1. The fourth-order valence-electron chi connectivity index (χ4n) is 2.71. The number of amides is 1. The Balaban J connectivity index is 2.16. The molecule has 1 N–H and O–H groups in total. The Kier molecular flexibility index (Phi) is 3.14. The molecular formula is C11H17NO4. The molecule has 0 aromatic carbocycles. The van der Waals surface area contributed by atoms with Crippen LogP contribution in [-0.4, -0.2) is 47.2 Å². The lowest BCUT2D eigenvalue weighted by Gasteiger charge is -2.26. The van der Waals surface area contributed by atoms with Crippen molar-refractivity contribution in [1.82, 2.24) is 4.90 Å². The molecule has 1 amide bonds. The first-order chi connectivity index (χ1) is 7.63. The van der Waals surface area contributed by atoms with Gasteiger partial charge in [-0.05, 0) is 25.7 Å². The molecule has 5 heteroatoms. The summed E-state index contributed by atoms with van der Waals surface area (Å²) in [6.45, 7) is 0. The normalized spacial score (nSPS) is 34.5. The first kappa shape index (κ1) is 11.4. The van der Waals surface area contributed by atoms with Crippen LogP contribution in [0.5, 0.6) is 0 Å². The molecule has 90 valence electrons. The number of carbonyl (C=O) groups is 2. The van der Waals surface area contributed by atoms with E-state index in [0.717, 1.165) is 12.8 Å². The number of ether oxygens (including phenoxy) is 1. The molecule has 2 aliphatic rings. The topological polar surface area (TPSA) is 66.8 Å². The monoisotopic (exact) mass is 227 g/mol. The maximum absolute atomic E-state index is 11.9. The number of methoxy groups -OCH3 is 1. The van der Waals surface area contributed by atoms with Crippen LogP contribution in [0.1, 0.15) is 32.1 Å². The Morgan fingerprint density at radius 1 is 1.38 bits per heavy atom. The van der Waals surface area contributed by atoms with Crippen molar-refractivity contribution in [3.8, 4) is 0 Å². The van der Waals surface area contributed by atoms with Gasteiger partial charge < -0.3 is 14.7 Å². The van der Waals surface area contributed by atoms with Gasteiger partial charge in [0.25, 0.3) is 0 Å². The maximum Gasteiger partial charge on any atom is 0.328 e. The lowest BCUT2D eigenvalue weighted by atomic mass is 10.1. The van der Waals surface area contributed by atoms with E-state index < -0.39 is 12.1 Å². The summed E-state index contributed by atoms with van der Waals surface area (Å²) in [6.07, 6.45) is 2.50. The highest BCUT2D eigenvalue weighted by Crippen LogP contribution is 2.32. The van der Waals surface area contributed by atoms with E-state index in [1.165, 1.54) is 7.11 Å². The number of hydrogen-bond donors (Lipinski definition) is 1. The van der Waals surface area contributed by atoms with Gasteiger partial charge >= 0.3 is 5.97 Å². The minimum Gasteiger partial charge on any atom is -0.467 e. The minimum absolute atomic E-state index is 0.105. The van der Waals surface area contributed by atoms with E-state index in [1.54, 1.807) is 4.90 Å². The second-order valence-corrected chi connectivity index (χ2v) is 4.51. The van der Waals surface area contributed by atoms with Crippen molar-refractivity contribution in [1.29, 1.82) is 0 Å². The van der Waals surface area contributed by atoms with E-state index in [4.69, 9.17) is 4.74 Å². The van der Waals surface area contributed by atoms with Gasteiger partial charge in [-0.15, -0.1) is 0 Å². The zero-order chi connectivity index (χ0) is 11.7. The highest BCUT2D eigenvalue weighted by molar-refractivity contribution is 5.85. The van der Waals surface area contributed by atoms with Crippen LogP contribution in [0.15, 0.2) is 0 Å². The molecule has 0 bridgehead atoms. The van der Waals surface area contributed by atoms with E-state index in [9.17, 15) is 14.7 Å². The van der Waals surface area contributed by atoms with Gasteiger partial charge in [-0.2, -0.15) is 0 Å². The van der Waals surface area contributed by atoms with Gasteiger partial charge in [-0.1, -0.05) is 0 Å². The fraction of sp³-hybridized carbons (Fsp3) is 0.818. The lowest BCUT2D eigenvalue weighted by molar-refractivity contribution is -0.152. The number of hydrogen-bond acceptors (Lipinski definition) is 4. The Hall–Kier alpha value is -1.10. The molecule has 2 saturated heterocycles. The first-order valence-electron chi connectivity index (χ1n) is 5.70. The van der Waals surface area contributed by atoms with Crippen LogP contribution in [0, 0.1) is 0 Å². The average Bonchev–Trinajstić information content (AvgIpc) is 2.63. The van der Waals surface area contributed by atoms with Gasteiger partial charge in [0.2, 0.25) is 5.91 Å². The molecule has 0 saturated carbocycles. The van der Waals surface area contributed by atoms with E-state index in [1.807, 2.05) is 0 Å². The van der Waals surface area contributed by atoms with E-state index in [-0.39, 0.29) is 24.3 Å². The standard InChI is InChI=1S/C11H17NO4/c1-16-11(15)9-5-3-7-2-4-8(13)6-10(14)12(7)9/h7-9,13H,2-6H2,1H3/t7?,8?,9-/m0/s1. The molecule has 0 radical (unpaired) electrons. The number of esters is 1. The molecule has 0 spiro atoms. The van der Waals surface area contributed by atoms with Gasteiger partial charge in [0.05, 0.1) is 19.6 Å². The Bertz CT molecular complexity index is 304. The van der Waals surface area contributed by atoms with Crippen LogP contribution in [0.4, 0.5) is 0 Å². The summed E-state index contributed by atoms with van der Waals surface area (Å²) in [6, 6.07) is -0.332. The highest BCUT2D eigenvalue weighted by Gasteiger charge is 2.43. The Morgan fingerprint density at radius 3 is 2.75 bits per heavy atom. The average molecular weight is 227 g/mol. The summed E-state index contributed by atoms with van der Waals surface area (Å²) < 4.78 is 4.70. The smallest absolute Gasteiger partial charge is 0.328 e. The van der Waals surface area contributed by atoms with Gasteiger partial charge in [-0.25, -0.2) is 4.79 Å². The van der Waals surface area contributed by atoms with Crippen LogP contribution in [0.3, 0.4) is 0 Å². The van der Waals surface area contributed by atoms with Gasteiger partial charge in [0, 0.05) is 6.04 Å². The second kappa shape index (κ2) is 4.41. The molecule has 16 heavy (non-hydrogen) atoms. The lowest BCUT2D eigenvalue weighted by Crippen LogP contribution is -2.44. The number of carbonyl (C=O) groups excluding carboxylic acids is 2. The zero-order valence-corrected chi connectivity index (χ0v) is 9.39. The summed E-state index contributed by atoms with van der Waals surface area (Å²) in [5.41, 5.74) is 0. The number of nitrogens with zero attached hydrogens (tertiary/aromatic N) is 1. The van der Waals surface area contributed by atoms with Crippen LogP contribution in [0.25, 0.3) is 0 Å². The molecular weight excluding hydrogens is 210 g/mol. The van der Waals surface area contributed by atoms with Crippen LogP contribution in [0.2, 0.25) is 0 Å². The van der Waals surface area contributed by atoms with Crippen molar-refractivity contribution in [3.05, 3.63) is 0 Å². The zero-order valence-electron chi connectivity index (χ0n) is 9.39. The highest BCUT2D eigenvalue weighted by atomic mass is 16.5. The SMILES string of the molecule is COC(=O)[C@@H]1CCC2CCC(O)CC(=O)N21. The molecule has 0 aromatic rings. The molecule has 2 fully saturated rings. The largest absolute Gasteiger partial charge is 0.467 e. The number of rotatable bonds is 1. The van der Waals surface area contributed by atoms with E-state index in [0.29, 0.717) is 12.8 Å². The summed E-state index contributed by atoms with van der Waals surface area (Å²) in [5, 5.41) is 9.53. The number of fused-ring (bicyclic) bond motifs is 1. The third kappa shape index (κ3) is 1.91. The van der Waals surface area contributed by atoms with Crippen molar-refractivity contribution >= 4 is 11.9 Å². The molecule has 3 atom stereocenters. The van der Waals surface area contributed by atoms with Crippen molar-refractivity contribution in [2.75, 3.05) is 7.11 Å². The van der Waals surface area contributed by atoms with Crippen LogP contribution >= 0.6 is 0 Å².